The van der Waals surface area contributed by atoms with E-state index >= 15 is 0 Å². The van der Waals surface area contributed by atoms with E-state index in [0.29, 0.717) is 0 Å². The quantitative estimate of drug-likeness (QED) is 0.465. The lowest BCUT2D eigenvalue weighted by molar-refractivity contribution is 0.912. The molecule has 0 amide bonds. The molecule has 0 aromatic carbocycles. The topological polar surface area (TPSA) is 52.0 Å². The summed E-state index contributed by atoms with van der Waals surface area (Å²) in [5.41, 5.74) is 11.0. The number of hydrogen-bond donors (Lipinski definition) is 2. The zero-order chi connectivity index (χ0) is 9.94. The maximum atomic E-state index is 5.50. The summed E-state index contributed by atoms with van der Waals surface area (Å²) in [7, 11) is 0.175. The minimum Gasteiger partial charge on any atom is -0.330 e. The molecule has 0 fully saturated rings. The Bertz CT molecular complexity index is 118. The molecular formula is C10H23N2P. The first-order chi connectivity index (χ1) is 6.35. The van der Waals surface area contributed by atoms with Crippen LogP contribution in [0.2, 0.25) is 0 Å². The minimum atomic E-state index is 0.175. The van der Waals surface area contributed by atoms with Crippen LogP contribution in [0.5, 0.6) is 0 Å². The third kappa shape index (κ3) is 8.42. The van der Waals surface area contributed by atoms with Gasteiger partial charge < -0.3 is 11.5 Å². The highest BCUT2D eigenvalue weighted by molar-refractivity contribution is 7.57. The summed E-state index contributed by atoms with van der Waals surface area (Å²) in [5, 5.41) is 0. The van der Waals surface area contributed by atoms with Gasteiger partial charge in [0.15, 0.2) is 0 Å². The van der Waals surface area contributed by atoms with E-state index in [1.54, 1.807) is 0 Å². The molecule has 0 aromatic rings. The van der Waals surface area contributed by atoms with Crippen molar-refractivity contribution in [1.82, 2.24) is 0 Å². The third-order valence-corrected chi connectivity index (χ3v) is 4.58. The van der Waals surface area contributed by atoms with Gasteiger partial charge in [-0.05, 0) is 51.3 Å². The average Bonchev–Trinajstić information content (AvgIpc) is 2.17. The summed E-state index contributed by atoms with van der Waals surface area (Å²) in [6.07, 6.45) is 10.7. The fourth-order valence-corrected chi connectivity index (χ4v) is 3.54. The number of hydrogen-bond acceptors (Lipinski definition) is 2. The molecule has 0 atom stereocenters. The van der Waals surface area contributed by atoms with Crippen molar-refractivity contribution in [2.75, 3.05) is 31.6 Å². The molecule has 2 nitrogen and oxygen atoms in total. The second-order valence-electron chi connectivity index (χ2n) is 3.15. The van der Waals surface area contributed by atoms with E-state index in [0.717, 1.165) is 13.1 Å². The zero-order valence-corrected chi connectivity index (χ0v) is 9.60. The molecule has 0 spiro atoms. The van der Waals surface area contributed by atoms with Crippen LogP contribution in [0.4, 0.5) is 0 Å². The van der Waals surface area contributed by atoms with Crippen LogP contribution in [0.1, 0.15) is 19.8 Å². The molecule has 0 aliphatic rings. The molecule has 3 heteroatoms. The maximum Gasteiger partial charge on any atom is -0.00739 e. The molecule has 0 aromatic heterocycles. The van der Waals surface area contributed by atoms with Crippen molar-refractivity contribution in [2.24, 2.45) is 11.5 Å². The number of nitrogens with two attached hydrogens (primary N) is 2. The summed E-state index contributed by atoms with van der Waals surface area (Å²) in [6.45, 7) is 3.74. The van der Waals surface area contributed by atoms with Gasteiger partial charge in [0, 0.05) is 0 Å². The van der Waals surface area contributed by atoms with Gasteiger partial charge in [-0.1, -0.05) is 12.2 Å². The van der Waals surface area contributed by atoms with Crippen LogP contribution in [-0.2, 0) is 0 Å². The van der Waals surface area contributed by atoms with Gasteiger partial charge >= 0.3 is 0 Å². The van der Waals surface area contributed by atoms with Gasteiger partial charge in [0.25, 0.3) is 0 Å². The molecule has 13 heavy (non-hydrogen) atoms. The van der Waals surface area contributed by atoms with Gasteiger partial charge in [0.1, 0.15) is 0 Å². The molecule has 0 rings (SSSR count). The van der Waals surface area contributed by atoms with E-state index in [2.05, 4.69) is 19.1 Å². The molecule has 4 N–H and O–H groups in total. The maximum absolute atomic E-state index is 5.50. The molecular weight excluding hydrogens is 179 g/mol. The van der Waals surface area contributed by atoms with Crippen molar-refractivity contribution in [1.29, 1.82) is 0 Å². The zero-order valence-electron chi connectivity index (χ0n) is 8.71. The van der Waals surface area contributed by atoms with Crippen LogP contribution in [0.15, 0.2) is 12.2 Å². The van der Waals surface area contributed by atoms with Crippen molar-refractivity contribution in [2.45, 2.75) is 19.8 Å². The first-order valence-corrected chi connectivity index (χ1v) is 6.98. The monoisotopic (exact) mass is 202 g/mol. The van der Waals surface area contributed by atoms with E-state index < -0.39 is 0 Å². The van der Waals surface area contributed by atoms with Gasteiger partial charge in [-0.3, -0.25) is 0 Å². The fourth-order valence-electron chi connectivity index (χ4n) is 1.18. The van der Waals surface area contributed by atoms with E-state index in [9.17, 15) is 0 Å². The molecule has 0 unspecified atom stereocenters. The Morgan fingerprint density at radius 1 is 1.08 bits per heavy atom. The highest BCUT2D eigenvalue weighted by Crippen LogP contribution is 2.36. The van der Waals surface area contributed by atoms with Crippen molar-refractivity contribution in [3.05, 3.63) is 12.2 Å². The SMILES string of the molecule is CC=CCP(CCCN)CCCN. The predicted octanol–water partition coefficient (Wildman–Crippen LogP) is 1.74. The van der Waals surface area contributed by atoms with Gasteiger partial charge in [-0.25, -0.2) is 0 Å². The molecule has 0 radical (unpaired) electrons. The minimum absolute atomic E-state index is 0.175. The fraction of sp³-hybridized carbons (Fsp3) is 0.800. The Labute approximate surface area is 83.5 Å². The van der Waals surface area contributed by atoms with Crippen LogP contribution in [0, 0.1) is 0 Å². The van der Waals surface area contributed by atoms with Gasteiger partial charge in [0.2, 0.25) is 0 Å². The summed E-state index contributed by atoms with van der Waals surface area (Å²) < 4.78 is 0. The summed E-state index contributed by atoms with van der Waals surface area (Å²) in [4.78, 5) is 0. The molecule has 0 saturated heterocycles. The second-order valence-corrected chi connectivity index (χ2v) is 5.76. The normalized spacial score (nSPS) is 11.7. The van der Waals surface area contributed by atoms with Crippen molar-refractivity contribution >= 4 is 7.92 Å². The summed E-state index contributed by atoms with van der Waals surface area (Å²) in [5.74, 6) is 0. The lowest BCUT2D eigenvalue weighted by Gasteiger charge is -2.14. The van der Waals surface area contributed by atoms with Crippen molar-refractivity contribution in [3.8, 4) is 0 Å². The molecule has 0 aliphatic heterocycles. The lowest BCUT2D eigenvalue weighted by Crippen LogP contribution is -2.06. The van der Waals surface area contributed by atoms with Crippen LogP contribution >= 0.6 is 7.92 Å². The van der Waals surface area contributed by atoms with E-state index in [1.165, 1.54) is 31.3 Å². The average molecular weight is 202 g/mol. The first-order valence-electron chi connectivity index (χ1n) is 5.08. The molecule has 78 valence electrons. The second kappa shape index (κ2) is 10.2. The Hall–Kier alpha value is 0.0900. The van der Waals surface area contributed by atoms with Gasteiger partial charge in [0.05, 0.1) is 0 Å². The van der Waals surface area contributed by atoms with Gasteiger partial charge in [-0.15, -0.1) is 7.92 Å². The Morgan fingerprint density at radius 2 is 1.62 bits per heavy atom. The Kier molecular flexibility index (Phi) is 10.2. The molecule has 0 saturated carbocycles. The summed E-state index contributed by atoms with van der Waals surface area (Å²) in [6, 6.07) is 0. The van der Waals surface area contributed by atoms with Crippen molar-refractivity contribution < 1.29 is 0 Å². The molecule has 0 aliphatic carbocycles. The highest BCUT2D eigenvalue weighted by Gasteiger charge is 2.04. The third-order valence-electron chi connectivity index (χ3n) is 1.96. The number of allylic oxidation sites excluding steroid dienone is 2. The van der Waals surface area contributed by atoms with E-state index in [-0.39, 0.29) is 7.92 Å². The van der Waals surface area contributed by atoms with Gasteiger partial charge in [-0.2, -0.15) is 0 Å². The number of rotatable bonds is 8. The Morgan fingerprint density at radius 3 is 2.00 bits per heavy atom. The highest BCUT2D eigenvalue weighted by atomic mass is 31.1. The van der Waals surface area contributed by atoms with E-state index in [1.807, 2.05) is 0 Å². The first kappa shape index (κ1) is 13.1. The predicted molar refractivity (Wildman–Crippen MR) is 63.7 cm³/mol. The van der Waals surface area contributed by atoms with Crippen molar-refractivity contribution in [3.63, 3.8) is 0 Å². The Balaban J connectivity index is 3.59. The van der Waals surface area contributed by atoms with Crippen LogP contribution < -0.4 is 11.5 Å². The molecule has 0 heterocycles. The van der Waals surface area contributed by atoms with Crippen LogP contribution in [-0.4, -0.2) is 31.6 Å². The molecule has 0 bridgehead atoms. The largest absolute Gasteiger partial charge is 0.330 e. The van der Waals surface area contributed by atoms with E-state index in [4.69, 9.17) is 11.5 Å². The standard InChI is InChI=1S/C10H23N2P/c1-2-3-8-13(9-4-6-11)10-5-7-12/h2-3H,4-12H2,1H3. The summed E-state index contributed by atoms with van der Waals surface area (Å²) >= 11 is 0. The van der Waals surface area contributed by atoms with Crippen LogP contribution in [0.25, 0.3) is 0 Å². The smallest absolute Gasteiger partial charge is 0.00739 e. The van der Waals surface area contributed by atoms with Crippen LogP contribution in [0.3, 0.4) is 0 Å². The lowest BCUT2D eigenvalue weighted by atomic mass is 10.5.